The Morgan fingerprint density at radius 3 is 2.38 bits per heavy atom. The maximum Gasteiger partial charge on any atom is 0.329 e. The van der Waals surface area contributed by atoms with Crippen LogP contribution < -0.4 is 15.5 Å². The number of carbonyl (C=O) groups is 2. The number of hydrogen-bond acceptors (Lipinski definition) is 3. The molecule has 4 rings (SSSR count). The maximum absolute atomic E-state index is 13.2. The van der Waals surface area contributed by atoms with E-state index in [0.717, 1.165) is 4.90 Å². The zero-order valence-corrected chi connectivity index (χ0v) is 15.3. The van der Waals surface area contributed by atoms with E-state index in [1.807, 2.05) is 0 Å². The summed E-state index contributed by atoms with van der Waals surface area (Å²) in [5.74, 6) is -1.15. The Morgan fingerprint density at radius 2 is 1.66 bits per heavy atom. The van der Waals surface area contributed by atoms with Crippen LogP contribution in [0.3, 0.4) is 0 Å². The van der Waals surface area contributed by atoms with E-state index in [4.69, 9.17) is 0 Å². The molecule has 1 aliphatic heterocycles. The number of urea groups is 1. The third-order valence-electron chi connectivity index (χ3n) is 4.77. The molecule has 1 heterocycles. The third-order valence-corrected chi connectivity index (χ3v) is 4.77. The van der Waals surface area contributed by atoms with Crippen LogP contribution in [-0.2, 0) is 17.1 Å². The summed E-state index contributed by atoms with van der Waals surface area (Å²) in [6.45, 7) is 0.0633. The number of halogens is 1. The molecule has 3 N–H and O–H groups in total. The van der Waals surface area contributed by atoms with Crippen molar-refractivity contribution in [3.63, 3.8) is 0 Å². The standard InChI is InChI=1S/C22H18FN3O3/c23-16-12-10-15(11-13-16)14-24-20(27)22(29)18-8-4-5-9-19(18)25-21(28)26(22)17-6-2-1-3-7-17/h1-13,29H,14H2,(H,24,27)(H,25,28)/t22-/m0/s1. The number of hydrogen-bond donors (Lipinski definition) is 3. The van der Waals surface area contributed by atoms with Gasteiger partial charge in [0.25, 0.3) is 11.6 Å². The van der Waals surface area contributed by atoms with E-state index >= 15 is 0 Å². The summed E-state index contributed by atoms with van der Waals surface area (Å²) in [6.07, 6.45) is 0. The zero-order valence-electron chi connectivity index (χ0n) is 15.3. The number of rotatable bonds is 4. The van der Waals surface area contributed by atoms with E-state index in [2.05, 4.69) is 10.6 Å². The molecule has 0 aliphatic carbocycles. The van der Waals surface area contributed by atoms with Gasteiger partial charge in [-0.1, -0.05) is 48.5 Å². The summed E-state index contributed by atoms with van der Waals surface area (Å²) in [7, 11) is 0. The SMILES string of the molecule is O=C1Nc2ccccc2[C@](O)(C(=O)NCc2ccc(F)cc2)N1c1ccccc1. The van der Waals surface area contributed by atoms with Crippen LogP contribution in [0.1, 0.15) is 11.1 Å². The molecule has 7 heteroatoms. The first kappa shape index (κ1) is 18.6. The van der Waals surface area contributed by atoms with Crippen molar-refractivity contribution in [2.45, 2.75) is 12.3 Å². The maximum atomic E-state index is 13.2. The molecule has 3 aromatic carbocycles. The van der Waals surface area contributed by atoms with Gasteiger partial charge in [0, 0.05) is 17.8 Å². The molecule has 0 bridgehead atoms. The van der Waals surface area contributed by atoms with Gasteiger partial charge >= 0.3 is 6.03 Å². The van der Waals surface area contributed by atoms with Crippen molar-refractivity contribution in [2.24, 2.45) is 0 Å². The van der Waals surface area contributed by atoms with Crippen LogP contribution in [-0.4, -0.2) is 17.0 Å². The van der Waals surface area contributed by atoms with E-state index in [1.54, 1.807) is 54.6 Å². The molecular weight excluding hydrogens is 373 g/mol. The van der Waals surface area contributed by atoms with Crippen molar-refractivity contribution in [1.29, 1.82) is 0 Å². The number of aliphatic hydroxyl groups is 1. The molecule has 1 aliphatic rings. The average Bonchev–Trinajstić information content (AvgIpc) is 2.74. The molecule has 0 spiro atoms. The van der Waals surface area contributed by atoms with Crippen LogP contribution in [0.25, 0.3) is 0 Å². The number of nitrogens with zero attached hydrogens (tertiary/aromatic N) is 1. The molecule has 3 aromatic rings. The lowest BCUT2D eigenvalue weighted by Gasteiger charge is -2.42. The van der Waals surface area contributed by atoms with Crippen LogP contribution in [0.5, 0.6) is 0 Å². The summed E-state index contributed by atoms with van der Waals surface area (Å²) in [5, 5.41) is 17.0. The largest absolute Gasteiger partial charge is 0.359 e. The molecule has 0 unspecified atom stereocenters. The Hall–Kier alpha value is -3.71. The second-order valence-corrected chi connectivity index (χ2v) is 6.63. The van der Waals surface area contributed by atoms with Gasteiger partial charge in [0.05, 0.1) is 5.69 Å². The van der Waals surface area contributed by atoms with Crippen molar-refractivity contribution in [2.75, 3.05) is 10.2 Å². The van der Waals surface area contributed by atoms with Crippen molar-refractivity contribution >= 4 is 23.3 Å². The first-order valence-electron chi connectivity index (χ1n) is 9.01. The van der Waals surface area contributed by atoms with Gasteiger partial charge in [0.2, 0.25) is 0 Å². The lowest BCUT2D eigenvalue weighted by molar-refractivity contribution is -0.140. The van der Waals surface area contributed by atoms with E-state index in [9.17, 15) is 19.1 Å². The van der Waals surface area contributed by atoms with Crippen molar-refractivity contribution in [3.8, 4) is 0 Å². The molecule has 1 atom stereocenters. The van der Waals surface area contributed by atoms with E-state index < -0.39 is 17.7 Å². The van der Waals surface area contributed by atoms with Gasteiger partial charge in [-0.25, -0.2) is 9.18 Å². The molecule has 0 radical (unpaired) electrons. The summed E-state index contributed by atoms with van der Waals surface area (Å²) in [6, 6.07) is 20.1. The Balaban J connectivity index is 1.73. The number of amides is 3. The number of anilines is 2. The summed E-state index contributed by atoms with van der Waals surface area (Å²) < 4.78 is 13.1. The second-order valence-electron chi connectivity index (χ2n) is 6.63. The zero-order chi connectivity index (χ0) is 20.4. The molecule has 0 saturated heterocycles. The van der Waals surface area contributed by atoms with Crippen LogP contribution in [0.15, 0.2) is 78.9 Å². The minimum absolute atomic E-state index is 0.0633. The van der Waals surface area contributed by atoms with Crippen molar-refractivity contribution in [1.82, 2.24) is 5.32 Å². The minimum Gasteiger partial charge on any atom is -0.359 e. The predicted molar refractivity (Wildman–Crippen MR) is 107 cm³/mol. The average molecular weight is 391 g/mol. The van der Waals surface area contributed by atoms with Crippen molar-refractivity contribution in [3.05, 3.63) is 95.8 Å². The number of fused-ring (bicyclic) bond motifs is 1. The highest BCUT2D eigenvalue weighted by Crippen LogP contribution is 2.39. The third kappa shape index (κ3) is 3.32. The van der Waals surface area contributed by atoms with Crippen LogP contribution in [0.2, 0.25) is 0 Å². The highest BCUT2D eigenvalue weighted by molar-refractivity contribution is 6.11. The van der Waals surface area contributed by atoms with Crippen molar-refractivity contribution < 1.29 is 19.1 Å². The summed E-state index contributed by atoms with van der Waals surface area (Å²) in [5.41, 5.74) is -0.647. The van der Waals surface area contributed by atoms with Gasteiger partial charge in [0.1, 0.15) is 5.82 Å². The van der Waals surface area contributed by atoms with Gasteiger partial charge in [-0.3, -0.25) is 9.69 Å². The topological polar surface area (TPSA) is 81.7 Å². The number of carbonyl (C=O) groups excluding carboxylic acids is 2. The van der Waals surface area contributed by atoms with Gasteiger partial charge in [-0.05, 0) is 35.9 Å². The molecule has 146 valence electrons. The quantitative estimate of drug-likeness (QED) is 0.638. The predicted octanol–water partition coefficient (Wildman–Crippen LogP) is 3.34. The van der Waals surface area contributed by atoms with E-state index in [1.165, 1.54) is 24.3 Å². The molecule has 0 aromatic heterocycles. The first-order valence-corrected chi connectivity index (χ1v) is 9.01. The Morgan fingerprint density at radius 1 is 1.00 bits per heavy atom. The first-order chi connectivity index (χ1) is 14.0. The lowest BCUT2D eigenvalue weighted by Crippen LogP contribution is -2.62. The fourth-order valence-corrected chi connectivity index (χ4v) is 3.35. The van der Waals surface area contributed by atoms with Crippen LogP contribution >= 0.6 is 0 Å². The highest BCUT2D eigenvalue weighted by Gasteiger charge is 2.51. The van der Waals surface area contributed by atoms with E-state index in [0.29, 0.717) is 16.9 Å². The fourth-order valence-electron chi connectivity index (χ4n) is 3.35. The fraction of sp³-hybridized carbons (Fsp3) is 0.0909. The van der Waals surface area contributed by atoms with Gasteiger partial charge in [-0.2, -0.15) is 0 Å². The molecule has 6 nitrogen and oxygen atoms in total. The Kier molecular flexibility index (Phi) is 4.74. The van der Waals surface area contributed by atoms with Crippen LogP contribution in [0.4, 0.5) is 20.6 Å². The summed E-state index contributed by atoms with van der Waals surface area (Å²) in [4.78, 5) is 27.0. The normalized spacial score (nSPS) is 18.0. The Bertz CT molecular complexity index is 1060. The monoisotopic (exact) mass is 391 g/mol. The number of benzene rings is 3. The highest BCUT2D eigenvalue weighted by atomic mass is 19.1. The van der Waals surface area contributed by atoms with Crippen LogP contribution in [0, 0.1) is 5.82 Å². The lowest BCUT2D eigenvalue weighted by atomic mass is 9.94. The molecule has 3 amide bonds. The van der Waals surface area contributed by atoms with E-state index in [-0.39, 0.29) is 17.9 Å². The van der Waals surface area contributed by atoms with Gasteiger partial charge < -0.3 is 15.7 Å². The molecule has 0 saturated carbocycles. The molecular formula is C22H18FN3O3. The minimum atomic E-state index is -2.26. The Labute approximate surface area is 166 Å². The number of para-hydroxylation sites is 2. The van der Waals surface area contributed by atoms with Gasteiger partial charge in [-0.15, -0.1) is 0 Å². The second kappa shape index (κ2) is 7.37. The molecule has 0 fully saturated rings. The number of nitrogens with one attached hydrogen (secondary N) is 2. The summed E-state index contributed by atoms with van der Waals surface area (Å²) >= 11 is 0. The smallest absolute Gasteiger partial charge is 0.329 e. The molecule has 29 heavy (non-hydrogen) atoms. The van der Waals surface area contributed by atoms with Gasteiger partial charge in [0.15, 0.2) is 0 Å².